The molecule has 0 heterocycles. The summed E-state index contributed by atoms with van der Waals surface area (Å²) in [5.41, 5.74) is 2.95. The van der Waals surface area contributed by atoms with Gasteiger partial charge in [-0.15, -0.1) is 0 Å². The Hall–Kier alpha value is -1.39. The van der Waals surface area contributed by atoms with Crippen LogP contribution in [0.4, 0.5) is 0 Å². The van der Waals surface area contributed by atoms with Gasteiger partial charge in [0.15, 0.2) is 0 Å². The van der Waals surface area contributed by atoms with Gasteiger partial charge in [-0.25, -0.2) is 0 Å². The van der Waals surface area contributed by atoms with E-state index in [0.717, 1.165) is 29.2 Å². The van der Waals surface area contributed by atoms with E-state index in [1.165, 1.54) is 5.56 Å². The van der Waals surface area contributed by atoms with E-state index in [9.17, 15) is 13.0 Å². The van der Waals surface area contributed by atoms with Crippen LogP contribution in [0.25, 0.3) is 10.8 Å². The third kappa shape index (κ3) is 4.24. The molecule has 0 aliphatic heterocycles. The molecule has 0 aromatic heterocycles. The van der Waals surface area contributed by atoms with Crippen LogP contribution < -0.4 is 0 Å². The van der Waals surface area contributed by atoms with Crippen molar-refractivity contribution in [2.45, 2.75) is 71.6 Å². The van der Waals surface area contributed by atoms with E-state index in [1.807, 2.05) is 12.1 Å². The van der Waals surface area contributed by atoms with Crippen LogP contribution in [0.3, 0.4) is 0 Å². The minimum atomic E-state index is -4.25. The molecule has 3 nitrogen and oxygen atoms in total. The van der Waals surface area contributed by atoms with Gasteiger partial charge in [0.1, 0.15) is 0 Å². The summed E-state index contributed by atoms with van der Waals surface area (Å²) in [6.45, 7) is 14.8. The van der Waals surface area contributed by atoms with Gasteiger partial charge in [-0.2, -0.15) is 8.42 Å². The van der Waals surface area contributed by atoms with Crippen molar-refractivity contribution < 1.29 is 13.0 Å². The molecule has 0 atom stereocenters. The van der Waals surface area contributed by atoms with Crippen LogP contribution >= 0.6 is 0 Å². The summed E-state index contributed by atoms with van der Waals surface area (Å²) < 4.78 is 33.4. The van der Waals surface area contributed by atoms with E-state index in [1.54, 1.807) is 13.0 Å². The van der Waals surface area contributed by atoms with Crippen molar-refractivity contribution in [3.05, 3.63) is 41.0 Å². The van der Waals surface area contributed by atoms with Crippen LogP contribution in [-0.2, 0) is 22.0 Å². The number of rotatable bonds is 4. The summed E-state index contributed by atoms with van der Waals surface area (Å²) in [7, 11) is -4.25. The second kappa shape index (κ2) is 6.40. The fourth-order valence-electron chi connectivity index (χ4n) is 3.11. The largest absolute Gasteiger partial charge is 0.294 e. The van der Waals surface area contributed by atoms with Gasteiger partial charge >= 0.3 is 0 Å². The number of fused-ring (bicyclic) bond motifs is 1. The van der Waals surface area contributed by atoms with E-state index in [0.29, 0.717) is 5.56 Å². The molecule has 2 aromatic carbocycles. The minimum absolute atomic E-state index is 0.0152. The van der Waals surface area contributed by atoms with Gasteiger partial charge in [0.05, 0.1) is 4.90 Å². The first-order valence-electron chi connectivity index (χ1n) is 8.80. The second-order valence-corrected chi connectivity index (χ2v) is 10.2. The highest BCUT2D eigenvalue weighted by atomic mass is 32.2. The highest BCUT2D eigenvalue weighted by Gasteiger charge is 2.24. The van der Waals surface area contributed by atoms with Crippen LogP contribution in [0.2, 0.25) is 0 Å². The molecule has 4 heteroatoms. The van der Waals surface area contributed by atoms with E-state index in [4.69, 9.17) is 0 Å². The SMILES string of the molecule is CCC(C)(C)Cc1c(C)c(S(=O)(=O)O)cc2ccc(C(C)(C)C)cc12. The van der Waals surface area contributed by atoms with Gasteiger partial charge in [-0.1, -0.05) is 66.2 Å². The maximum Gasteiger partial charge on any atom is 0.294 e. The molecule has 2 rings (SSSR count). The average molecular weight is 363 g/mol. The van der Waals surface area contributed by atoms with Crippen molar-refractivity contribution in [3.8, 4) is 0 Å². The van der Waals surface area contributed by atoms with Gasteiger partial charge < -0.3 is 0 Å². The average Bonchev–Trinajstić information content (AvgIpc) is 2.47. The van der Waals surface area contributed by atoms with Crippen molar-refractivity contribution in [2.24, 2.45) is 5.41 Å². The molecule has 0 saturated heterocycles. The van der Waals surface area contributed by atoms with E-state index < -0.39 is 10.1 Å². The molecule has 0 radical (unpaired) electrons. The Morgan fingerprint density at radius 3 is 2.12 bits per heavy atom. The third-order valence-corrected chi connectivity index (χ3v) is 6.22. The summed E-state index contributed by atoms with van der Waals surface area (Å²) in [4.78, 5) is 0.0189. The van der Waals surface area contributed by atoms with Crippen LogP contribution in [0.1, 0.15) is 64.7 Å². The highest BCUT2D eigenvalue weighted by Crippen LogP contribution is 2.36. The van der Waals surface area contributed by atoms with Crippen molar-refractivity contribution in [2.75, 3.05) is 0 Å². The molecule has 138 valence electrons. The standard InChI is InChI=1S/C21H30O3S/c1-8-21(6,7)13-18-14(2)19(25(22,23)24)11-15-9-10-16(12-17(15)18)20(3,4)5/h9-12H,8,13H2,1-7H3,(H,22,23,24). The van der Waals surface area contributed by atoms with E-state index >= 15 is 0 Å². The lowest BCUT2D eigenvalue weighted by atomic mass is 9.79. The van der Waals surface area contributed by atoms with Crippen LogP contribution in [0.15, 0.2) is 29.2 Å². The maximum atomic E-state index is 11.9. The Morgan fingerprint density at radius 2 is 1.64 bits per heavy atom. The predicted molar refractivity (Wildman–Crippen MR) is 105 cm³/mol. The molecule has 1 N–H and O–H groups in total. The topological polar surface area (TPSA) is 54.4 Å². The number of benzene rings is 2. The molecule has 25 heavy (non-hydrogen) atoms. The normalized spacial score (nSPS) is 13.4. The number of hydrogen-bond donors (Lipinski definition) is 1. The molecule has 0 aliphatic rings. The maximum absolute atomic E-state index is 11.9. The lowest BCUT2D eigenvalue weighted by Gasteiger charge is -2.26. The fourth-order valence-corrected chi connectivity index (χ4v) is 3.90. The van der Waals surface area contributed by atoms with Crippen LogP contribution in [-0.4, -0.2) is 13.0 Å². The second-order valence-electron chi connectivity index (χ2n) is 8.83. The van der Waals surface area contributed by atoms with Crippen LogP contribution in [0, 0.1) is 12.3 Å². The summed E-state index contributed by atoms with van der Waals surface area (Å²) in [5, 5.41) is 1.94. The summed E-state index contributed by atoms with van der Waals surface area (Å²) in [6, 6.07) is 7.78. The molecule has 0 fully saturated rings. The molecule has 0 saturated carbocycles. The summed E-state index contributed by atoms with van der Waals surface area (Å²) in [5.74, 6) is 0. The Morgan fingerprint density at radius 1 is 1.04 bits per heavy atom. The molecule has 0 spiro atoms. The predicted octanol–water partition coefficient (Wildman–Crippen LogP) is 5.67. The van der Waals surface area contributed by atoms with Gasteiger partial charge in [0, 0.05) is 0 Å². The molecular formula is C21H30O3S. The van der Waals surface area contributed by atoms with Crippen LogP contribution in [0.5, 0.6) is 0 Å². The van der Waals surface area contributed by atoms with Gasteiger partial charge in [0.2, 0.25) is 0 Å². The van der Waals surface area contributed by atoms with Gasteiger partial charge in [0.25, 0.3) is 10.1 Å². The van der Waals surface area contributed by atoms with Crippen molar-refractivity contribution >= 4 is 20.9 Å². The zero-order valence-corrected chi connectivity index (χ0v) is 17.2. The molecule has 0 bridgehead atoms. The smallest absolute Gasteiger partial charge is 0.282 e. The Bertz CT molecular complexity index is 901. The van der Waals surface area contributed by atoms with E-state index in [2.05, 4.69) is 47.6 Å². The third-order valence-electron chi connectivity index (χ3n) is 5.24. The summed E-state index contributed by atoms with van der Waals surface area (Å²) >= 11 is 0. The lowest BCUT2D eigenvalue weighted by Crippen LogP contribution is -2.16. The van der Waals surface area contributed by atoms with Crippen molar-refractivity contribution in [3.63, 3.8) is 0 Å². The van der Waals surface area contributed by atoms with Gasteiger partial charge in [-0.3, -0.25) is 4.55 Å². The Balaban J connectivity index is 2.88. The first kappa shape index (κ1) is 19.9. The summed E-state index contributed by atoms with van der Waals surface area (Å²) in [6.07, 6.45) is 1.76. The molecule has 0 aliphatic carbocycles. The first-order valence-corrected chi connectivity index (χ1v) is 10.2. The van der Waals surface area contributed by atoms with Crippen molar-refractivity contribution in [1.82, 2.24) is 0 Å². The van der Waals surface area contributed by atoms with Gasteiger partial charge in [-0.05, 0) is 57.7 Å². The van der Waals surface area contributed by atoms with Crippen molar-refractivity contribution in [1.29, 1.82) is 0 Å². The quantitative estimate of drug-likeness (QED) is 0.713. The first-order chi connectivity index (χ1) is 11.3. The minimum Gasteiger partial charge on any atom is -0.282 e. The molecular weight excluding hydrogens is 332 g/mol. The monoisotopic (exact) mass is 362 g/mol. The fraction of sp³-hybridized carbons (Fsp3) is 0.524. The molecule has 0 amide bonds. The zero-order chi connectivity index (χ0) is 19.2. The molecule has 0 unspecified atom stereocenters. The Labute approximate surface area is 152 Å². The molecule has 2 aromatic rings. The Kier molecular flexibility index (Phi) is 5.10. The van der Waals surface area contributed by atoms with E-state index in [-0.39, 0.29) is 15.7 Å². The number of hydrogen-bond acceptors (Lipinski definition) is 2. The highest BCUT2D eigenvalue weighted by molar-refractivity contribution is 7.85. The lowest BCUT2D eigenvalue weighted by molar-refractivity contribution is 0.349. The zero-order valence-electron chi connectivity index (χ0n) is 16.4.